The smallest absolute Gasteiger partial charge is 0.194 e. The fourth-order valence-corrected chi connectivity index (χ4v) is 4.65. The average molecular weight is 360 g/mol. The molecule has 2 atom stereocenters. The first-order valence-electron chi connectivity index (χ1n) is 10.3. The molecule has 1 N–H and O–H groups in total. The van der Waals surface area contributed by atoms with Gasteiger partial charge in [-0.1, -0.05) is 0 Å². The summed E-state index contributed by atoms with van der Waals surface area (Å²) >= 11 is 0. The Morgan fingerprint density at radius 2 is 2.04 bits per heavy atom. The summed E-state index contributed by atoms with van der Waals surface area (Å²) < 4.78 is 2.02. The minimum atomic E-state index is 0.582. The van der Waals surface area contributed by atoms with Crippen molar-refractivity contribution >= 4 is 5.96 Å². The van der Waals surface area contributed by atoms with E-state index in [1.807, 2.05) is 18.5 Å². The first-order chi connectivity index (χ1) is 12.7. The van der Waals surface area contributed by atoms with E-state index in [-0.39, 0.29) is 0 Å². The molecule has 1 saturated carbocycles. The zero-order valence-corrected chi connectivity index (χ0v) is 16.5. The molecular weight excluding hydrogens is 326 g/mol. The molecule has 3 aliphatic rings. The van der Waals surface area contributed by atoms with Gasteiger partial charge in [0.15, 0.2) is 11.8 Å². The minimum absolute atomic E-state index is 0.582. The normalized spacial score (nSPS) is 27.5. The van der Waals surface area contributed by atoms with Crippen molar-refractivity contribution in [1.29, 1.82) is 0 Å². The number of fused-ring (bicyclic) bond motifs is 1. The molecule has 144 valence electrons. The molecule has 2 unspecified atom stereocenters. The van der Waals surface area contributed by atoms with E-state index in [2.05, 4.69) is 32.2 Å². The van der Waals surface area contributed by atoms with E-state index < -0.39 is 0 Å². The quantitative estimate of drug-likeness (QED) is 0.653. The Morgan fingerprint density at radius 1 is 1.19 bits per heavy atom. The average Bonchev–Trinajstić information content (AvgIpc) is 3.45. The molecule has 0 radical (unpaired) electrons. The first-order valence-corrected chi connectivity index (χ1v) is 10.3. The van der Waals surface area contributed by atoms with Crippen LogP contribution in [0.2, 0.25) is 0 Å². The van der Waals surface area contributed by atoms with Crippen molar-refractivity contribution in [1.82, 2.24) is 29.9 Å². The maximum Gasteiger partial charge on any atom is 0.194 e. The Balaban J connectivity index is 1.43. The van der Waals surface area contributed by atoms with Crippen LogP contribution in [0.3, 0.4) is 0 Å². The molecule has 0 amide bonds. The predicted molar refractivity (Wildman–Crippen MR) is 103 cm³/mol. The molecular formula is C19H33N7. The minimum Gasteiger partial charge on any atom is -0.357 e. The second-order valence-electron chi connectivity index (χ2n) is 8.07. The standard InChI is InChI=1S/C19H33N7/c1-4-20-19(21-12-18-23-22-14(2)24(18)3)25-11-9-17-15(13-25)6-5-10-26(17)16-7-8-16/h15-17H,4-13H2,1-3H3,(H,20,21). The number of aromatic nitrogens is 3. The van der Waals surface area contributed by atoms with Gasteiger partial charge in [-0.25, -0.2) is 4.99 Å². The van der Waals surface area contributed by atoms with Crippen molar-refractivity contribution in [3.63, 3.8) is 0 Å². The molecule has 26 heavy (non-hydrogen) atoms. The van der Waals surface area contributed by atoms with E-state index >= 15 is 0 Å². The van der Waals surface area contributed by atoms with Gasteiger partial charge in [0.05, 0.1) is 0 Å². The lowest BCUT2D eigenvalue weighted by atomic mass is 9.83. The van der Waals surface area contributed by atoms with Crippen LogP contribution in [-0.2, 0) is 13.6 Å². The highest BCUT2D eigenvalue weighted by molar-refractivity contribution is 5.80. The summed E-state index contributed by atoms with van der Waals surface area (Å²) in [4.78, 5) is 10.2. The van der Waals surface area contributed by atoms with E-state index in [9.17, 15) is 0 Å². The maximum absolute atomic E-state index is 4.88. The Hall–Kier alpha value is -1.63. The van der Waals surface area contributed by atoms with E-state index in [0.717, 1.165) is 55.2 Å². The fraction of sp³-hybridized carbons (Fsp3) is 0.842. The topological polar surface area (TPSA) is 61.6 Å². The van der Waals surface area contributed by atoms with Crippen LogP contribution in [0.4, 0.5) is 0 Å². The molecule has 1 aromatic heterocycles. The van der Waals surface area contributed by atoms with Gasteiger partial charge >= 0.3 is 0 Å². The SMILES string of the molecule is CCNC(=NCc1nnc(C)n1C)N1CCC2C(CCCN2C2CC2)C1. The van der Waals surface area contributed by atoms with Crippen LogP contribution >= 0.6 is 0 Å². The van der Waals surface area contributed by atoms with Gasteiger partial charge in [0.25, 0.3) is 0 Å². The second-order valence-corrected chi connectivity index (χ2v) is 8.07. The summed E-state index contributed by atoms with van der Waals surface area (Å²) in [5.74, 6) is 3.68. The van der Waals surface area contributed by atoms with E-state index in [1.165, 1.54) is 38.6 Å². The third kappa shape index (κ3) is 3.59. The van der Waals surface area contributed by atoms with E-state index in [1.54, 1.807) is 0 Å². The van der Waals surface area contributed by atoms with Gasteiger partial charge in [0, 0.05) is 38.8 Å². The van der Waals surface area contributed by atoms with Gasteiger partial charge < -0.3 is 14.8 Å². The predicted octanol–water partition coefficient (Wildman–Crippen LogP) is 1.54. The Morgan fingerprint density at radius 3 is 2.73 bits per heavy atom. The Bertz CT molecular complexity index is 648. The third-order valence-electron chi connectivity index (χ3n) is 6.31. The number of guanidine groups is 1. The molecule has 3 fully saturated rings. The summed E-state index contributed by atoms with van der Waals surface area (Å²) in [5, 5.41) is 11.9. The highest BCUT2D eigenvalue weighted by atomic mass is 15.3. The summed E-state index contributed by atoms with van der Waals surface area (Å²) in [6.07, 6.45) is 6.85. The van der Waals surface area contributed by atoms with Gasteiger partial charge in [0.2, 0.25) is 0 Å². The zero-order chi connectivity index (χ0) is 18.1. The van der Waals surface area contributed by atoms with Gasteiger partial charge in [-0.2, -0.15) is 0 Å². The van der Waals surface area contributed by atoms with Crippen LogP contribution in [-0.4, -0.2) is 68.8 Å². The number of piperidine rings is 2. The lowest BCUT2D eigenvalue weighted by molar-refractivity contribution is 0.0370. The van der Waals surface area contributed by atoms with Crippen molar-refractivity contribution in [2.45, 2.75) is 64.6 Å². The van der Waals surface area contributed by atoms with E-state index in [4.69, 9.17) is 4.99 Å². The van der Waals surface area contributed by atoms with Crippen molar-refractivity contribution in [3.05, 3.63) is 11.6 Å². The van der Waals surface area contributed by atoms with Gasteiger partial charge in [-0.3, -0.25) is 4.90 Å². The van der Waals surface area contributed by atoms with Crippen molar-refractivity contribution < 1.29 is 0 Å². The fourth-order valence-electron chi connectivity index (χ4n) is 4.65. The van der Waals surface area contributed by atoms with Gasteiger partial charge in [-0.05, 0) is 58.4 Å². The molecule has 7 heteroatoms. The van der Waals surface area contributed by atoms with Crippen molar-refractivity contribution in [3.8, 4) is 0 Å². The Kier molecular flexibility index (Phi) is 5.16. The highest BCUT2D eigenvalue weighted by Crippen LogP contribution is 2.38. The number of likely N-dealkylation sites (tertiary alicyclic amines) is 2. The maximum atomic E-state index is 4.88. The van der Waals surface area contributed by atoms with Crippen LogP contribution in [0, 0.1) is 12.8 Å². The molecule has 7 nitrogen and oxygen atoms in total. The lowest BCUT2D eigenvalue weighted by Gasteiger charge is -2.48. The number of hydrogen-bond donors (Lipinski definition) is 1. The summed E-state index contributed by atoms with van der Waals surface area (Å²) in [5.41, 5.74) is 0. The largest absolute Gasteiger partial charge is 0.357 e. The highest BCUT2D eigenvalue weighted by Gasteiger charge is 2.42. The molecule has 0 bridgehead atoms. The molecule has 1 aliphatic carbocycles. The lowest BCUT2D eigenvalue weighted by Crippen LogP contribution is -2.57. The van der Waals surface area contributed by atoms with Crippen LogP contribution in [0.1, 0.15) is 50.7 Å². The third-order valence-corrected chi connectivity index (χ3v) is 6.31. The number of nitrogens with one attached hydrogen (secondary N) is 1. The van der Waals surface area contributed by atoms with Gasteiger partial charge in [0.1, 0.15) is 12.4 Å². The zero-order valence-electron chi connectivity index (χ0n) is 16.5. The number of aliphatic imine (C=N–C) groups is 1. The molecule has 0 spiro atoms. The van der Waals surface area contributed by atoms with Crippen LogP contribution in [0.5, 0.6) is 0 Å². The summed E-state index contributed by atoms with van der Waals surface area (Å²) in [6, 6.07) is 1.70. The van der Waals surface area contributed by atoms with Crippen molar-refractivity contribution in [2.75, 3.05) is 26.2 Å². The van der Waals surface area contributed by atoms with Crippen LogP contribution < -0.4 is 5.32 Å². The van der Waals surface area contributed by atoms with E-state index in [0.29, 0.717) is 6.54 Å². The van der Waals surface area contributed by atoms with Crippen LogP contribution in [0.15, 0.2) is 4.99 Å². The number of rotatable bonds is 4. The molecule has 2 saturated heterocycles. The molecule has 0 aromatic carbocycles. The number of aryl methyl sites for hydroxylation is 1. The second kappa shape index (κ2) is 7.55. The monoisotopic (exact) mass is 359 g/mol. The summed E-state index contributed by atoms with van der Waals surface area (Å²) in [6.45, 7) is 9.17. The Labute approximate surface area is 156 Å². The molecule has 2 aliphatic heterocycles. The molecule has 4 rings (SSSR count). The molecule has 1 aromatic rings. The number of hydrogen-bond acceptors (Lipinski definition) is 4. The number of nitrogens with zero attached hydrogens (tertiary/aromatic N) is 6. The molecule has 3 heterocycles. The first kappa shape index (κ1) is 17.8. The van der Waals surface area contributed by atoms with Crippen LogP contribution in [0.25, 0.3) is 0 Å². The van der Waals surface area contributed by atoms with Gasteiger partial charge in [-0.15, -0.1) is 10.2 Å². The van der Waals surface area contributed by atoms with Crippen molar-refractivity contribution in [2.24, 2.45) is 18.0 Å². The summed E-state index contributed by atoms with van der Waals surface area (Å²) in [7, 11) is 2.01.